The van der Waals surface area contributed by atoms with Gasteiger partial charge in [-0.05, 0) is 35.9 Å². The Hall–Kier alpha value is -1.36. The largest absolute Gasteiger partial charge is 0.409 e. The van der Waals surface area contributed by atoms with E-state index in [4.69, 9.17) is 34.1 Å². The van der Waals surface area contributed by atoms with Crippen LogP contribution in [0, 0.1) is 0 Å². The molecule has 0 amide bonds. The maximum Gasteiger partial charge on any atom is 0.171 e. The predicted octanol–water partition coefficient (Wildman–Crippen LogP) is 4.38. The minimum atomic E-state index is 0.0473. The summed E-state index contributed by atoms with van der Waals surface area (Å²) in [7, 11) is 0. The van der Waals surface area contributed by atoms with E-state index >= 15 is 0 Å². The lowest BCUT2D eigenvalue weighted by Crippen LogP contribution is -2.14. The molecule has 3 nitrogen and oxygen atoms in total. The lowest BCUT2D eigenvalue weighted by atomic mass is 10.2. The SMILES string of the molecule is N/C(=N/O)c1cc(Cl)ccc1SCc1ccc(Cl)cc1. The molecule has 20 heavy (non-hydrogen) atoms. The van der Waals surface area contributed by atoms with Crippen molar-refractivity contribution in [1.82, 2.24) is 0 Å². The third-order valence-corrected chi connectivity index (χ3v) is 4.26. The first-order valence-corrected chi connectivity index (χ1v) is 7.49. The summed E-state index contributed by atoms with van der Waals surface area (Å²) in [6, 6.07) is 13.0. The van der Waals surface area contributed by atoms with Gasteiger partial charge in [0.25, 0.3) is 0 Å². The number of amidine groups is 1. The summed E-state index contributed by atoms with van der Waals surface area (Å²) in [6.45, 7) is 0. The van der Waals surface area contributed by atoms with Gasteiger partial charge in [0.1, 0.15) is 0 Å². The van der Waals surface area contributed by atoms with Crippen LogP contribution >= 0.6 is 35.0 Å². The summed E-state index contributed by atoms with van der Waals surface area (Å²) in [4.78, 5) is 0.902. The molecule has 0 spiro atoms. The van der Waals surface area contributed by atoms with Crippen molar-refractivity contribution in [3.05, 3.63) is 63.6 Å². The number of rotatable bonds is 4. The average Bonchev–Trinajstić information content (AvgIpc) is 2.46. The van der Waals surface area contributed by atoms with Gasteiger partial charge >= 0.3 is 0 Å². The zero-order valence-corrected chi connectivity index (χ0v) is 12.7. The maximum atomic E-state index is 8.82. The van der Waals surface area contributed by atoms with E-state index in [2.05, 4.69) is 5.16 Å². The second kappa shape index (κ2) is 6.88. The third kappa shape index (κ3) is 3.82. The Kier molecular flexibility index (Phi) is 5.17. The van der Waals surface area contributed by atoms with Gasteiger partial charge in [-0.2, -0.15) is 0 Å². The number of nitrogens with two attached hydrogens (primary N) is 1. The van der Waals surface area contributed by atoms with Gasteiger partial charge in [-0.1, -0.05) is 40.5 Å². The van der Waals surface area contributed by atoms with Crippen LogP contribution < -0.4 is 5.73 Å². The molecule has 0 radical (unpaired) electrons. The van der Waals surface area contributed by atoms with E-state index in [-0.39, 0.29) is 5.84 Å². The van der Waals surface area contributed by atoms with Crippen molar-refractivity contribution in [1.29, 1.82) is 0 Å². The molecule has 0 saturated heterocycles. The maximum absolute atomic E-state index is 8.82. The summed E-state index contributed by atoms with van der Waals surface area (Å²) in [5.74, 6) is 0.802. The average molecular weight is 327 g/mol. The van der Waals surface area contributed by atoms with Crippen LogP contribution in [0.25, 0.3) is 0 Å². The van der Waals surface area contributed by atoms with Gasteiger partial charge < -0.3 is 10.9 Å². The molecule has 0 aliphatic heterocycles. The van der Waals surface area contributed by atoms with Gasteiger partial charge in [0.15, 0.2) is 5.84 Å². The van der Waals surface area contributed by atoms with E-state index in [1.807, 2.05) is 30.3 Å². The number of thioether (sulfide) groups is 1. The Morgan fingerprint density at radius 1 is 1.10 bits per heavy atom. The van der Waals surface area contributed by atoms with Gasteiger partial charge in [0.2, 0.25) is 0 Å². The zero-order valence-electron chi connectivity index (χ0n) is 10.4. The van der Waals surface area contributed by atoms with Gasteiger partial charge in [0.05, 0.1) is 0 Å². The lowest BCUT2D eigenvalue weighted by Gasteiger charge is -2.08. The van der Waals surface area contributed by atoms with Gasteiger partial charge in [-0.3, -0.25) is 0 Å². The zero-order chi connectivity index (χ0) is 14.5. The van der Waals surface area contributed by atoms with Crippen molar-refractivity contribution in [2.75, 3.05) is 0 Å². The first-order valence-electron chi connectivity index (χ1n) is 5.75. The van der Waals surface area contributed by atoms with Crippen molar-refractivity contribution >= 4 is 40.8 Å². The van der Waals surface area contributed by atoms with E-state index in [1.54, 1.807) is 23.9 Å². The molecule has 0 bridgehead atoms. The van der Waals surface area contributed by atoms with Crippen LogP contribution in [0.1, 0.15) is 11.1 Å². The molecular formula is C14H12Cl2N2OS. The standard InChI is InChI=1S/C14H12Cl2N2OS/c15-10-3-1-9(2-4-10)8-20-13-6-5-11(16)7-12(13)14(17)18-19/h1-7,19H,8H2,(H2,17,18). The van der Waals surface area contributed by atoms with E-state index in [0.29, 0.717) is 15.6 Å². The highest BCUT2D eigenvalue weighted by molar-refractivity contribution is 7.98. The first kappa shape index (κ1) is 15.0. The third-order valence-electron chi connectivity index (χ3n) is 2.63. The highest BCUT2D eigenvalue weighted by Crippen LogP contribution is 2.28. The van der Waals surface area contributed by atoms with Crippen LogP contribution in [-0.4, -0.2) is 11.0 Å². The molecule has 6 heteroatoms. The van der Waals surface area contributed by atoms with Crippen LogP contribution in [0.3, 0.4) is 0 Å². The minimum absolute atomic E-state index is 0.0473. The molecule has 0 aliphatic carbocycles. The molecule has 2 aromatic rings. The summed E-state index contributed by atoms with van der Waals surface area (Å²) in [5, 5.41) is 13.1. The van der Waals surface area contributed by atoms with Crippen LogP contribution in [0.5, 0.6) is 0 Å². The summed E-state index contributed by atoms with van der Waals surface area (Å²) >= 11 is 13.4. The molecule has 0 aromatic heterocycles. The summed E-state index contributed by atoms with van der Waals surface area (Å²) in [6.07, 6.45) is 0. The Bertz CT molecular complexity index is 630. The first-order chi connectivity index (χ1) is 9.60. The Morgan fingerprint density at radius 3 is 2.40 bits per heavy atom. The Balaban J connectivity index is 2.19. The predicted molar refractivity (Wildman–Crippen MR) is 85.0 cm³/mol. The van der Waals surface area contributed by atoms with Crippen molar-refractivity contribution in [3.8, 4) is 0 Å². The van der Waals surface area contributed by atoms with Crippen LogP contribution in [0.4, 0.5) is 0 Å². The van der Waals surface area contributed by atoms with Crippen LogP contribution in [0.2, 0.25) is 10.0 Å². The van der Waals surface area contributed by atoms with E-state index in [0.717, 1.165) is 16.2 Å². The van der Waals surface area contributed by atoms with Gasteiger partial charge in [0, 0.05) is 26.3 Å². The molecule has 0 atom stereocenters. The fourth-order valence-corrected chi connectivity index (χ4v) is 2.92. The summed E-state index contributed by atoms with van der Waals surface area (Å²) < 4.78 is 0. The molecule has 104 valence electrons. The highest BCUT2D eigenvalue weighted by Gasteiger charge is 2.09. The number of benzene rings is 2. The fourth-order valence-electron chi connectivity index (χ4n) is 1.62. The van der Waals surface area contributed by atoms with E-state index < -0.39 is 0 Å². The number of nitrogens with zero attached hydrogens (tertiary/aromatic N) is 1. The van der Waals surface area contributed by atoms with Crippen LogP contribution in [0.15, 0.2) is 52.5 Å². The molecule has 2 rings (SSSR count). The number of hydrogen-bond donors (Lipinski definition) is 2. The quantitative estimate of drug-likeness (QED) is 0.288. The van der Waals surface area contributed by atoms with Gasteiger partial charge in [-0.15, -0.1) is 11.8 Å². The van der Waals surface area contributed by atoms with E-state index in [1.165, 1.54) is 0 Å². The van der Waals surface area contributed by atoms with E-state index in [9.17, 15) is 0 Å². The van der Waals surface area contributed by atoms with Crippen molar-refractivity contribution < 1.29 is 5.21 Å². The molecular weight excluding hydrogens is 315 g/mol. The van der Waals surface area contributed by atoms with Crippen molar-refractivity contribution in [2.24, 2.45) is 10.9 Å². The van der Waals surface area contributed by atoms with Gasteiger partial charge in [-0.25, -0.2) is 0 Å². The number of oxime groups is 1. The second-order valence-electron chi connectivity index (χ2n) is 4.04. The Labute approximate surface area is 131 Å². The smallest absolute Gasteiger partial charge is 0.171 e. The molecule has 0 aliphatic rings. The summed E-state index contributed by atoms with van der Waals surface area (Å²) in [5.41, 5.74) is 7.43. The monoisotopic (exact) mass is 326 g/mol. The molecule has 0 fully saturated rings. The topological polar surface area (TPSA) is 58.6 Å². The normalized spacial score (nSPS) is 11.6. The number of hydrogen-bond acceptors (Lipinski definition) is 3. The Morgan fingerprint density at radius 2 is 1.75 bits per heavy atom. The minimum Gasteiger partial charge on any atom is -0.409 e. The fraction of sp³-hybridized carbons (Fsp3) is 0.0714. The molecule has 0 saturated carbocycles. The van der Waals surface area contributed by atoms with Crippen LogP contribution in [-0.2, 0) is 5.75 Å². The molecule has 2 aromatic carbocycles. The number of halogens is 2. The lowest BCUT2D eigenvalue weighted by molar-refractivity contribution is 0.318. The van der Waals surface area contributed by atoms with Crippen molar-refractivity contribution in [3.63, 3.8) is 0 Å². The molecule has 0 unspecified atom stereocenters. The van der Waals surface area contributed by atoms with Crippen molar-refractivity contribution in [2.45, 2.75) is 10.6 Å². The molecule has 0 heterocycles. The highest BCUT2D eigenvalue weighted by atomic mass is 35.5. The molecule has 3 N–H and O–H groups in total. The second-order valence-corrected chi connectivity index (χ2v) is 5.93.